The Balaban J connectivity index is 2.07. The fraction of sp³-hybridized carbons (Fsp3) is 1.00. The lowest BCUT2D eigenvalue weighted by Crippen LogP contribution is -2.60. The summed E-state index contributed by atoms with van der Waals surface area (Å²) >= 11 is 2.05. The summed E-state index contributed by atoms with van der Waals surface area (Å²) in [6.45, 7) is 3.92. The molecule has 1 saturated heterocycles. The van der Waals surface area contributed by atoms with Crippen molar-refractivity contribution >= 4 is 11.8 Å². The largest absolute Gasteiger partial charge is 0.383 e. The highest BCUT2D eigenvalue weighted by molar-refractivity contribution is 7.99. The number of hydrogen-bond donors (Lipinski definition) is 1. The Labute approximate surface area is 96.7 Å². The molecule has 4 heteroatoms. The molecule has 0 bridgehead atoms. The summed E-state index contributed by atoms with van der Waals surface area (Å²) in [7, 11) is 1.80. The first-order chi connectivity index (χ1) is 7.33. The predicted molar refractivity (Wildman–Crippen MR) is 65.3 cm³/mol. The molecular formula is C11H22N2OS. The molecule has 0 spiro atoms. The Hall–Kier alpha value is 0.230. The van der Waals surface area contributed by atoms with Gasteiger partial charge in [0.25, 0.3) is 0 Å². The SMILES string of the molecule is COCC(CN)(C1CC1)N1CCSCC1. The maximum Gasteiger partial charge on any atom is 0.0661 e. The third kappa shape index (κ3) is 2.33. The van der Waals surface area contributed by atoms with E-state index in [2.05, 4.69) is 16.7 Å². The molecule has 0 radical (unpaired) electrons. The van der Waals surface area contributed by atoms with Crippen molar-refractivity contribution in [1.82, 2.24) is 4.90 Å². The van der Waals surface area contributed by atoms with E-state index >= 15 is 0 Å². The molecule has 1 heterocycles. The van der Waals surface area contributed by atoms with Crippen LogP contribution >= 0.6 is 11.8 Å². The van der Waals surface area contributed by atoms with Gasteiger partial charge in [-0.25, -0.2) is 0 Å². The molecule has 1 saturated carbocycles. The number of ether oxygens (including phenoxy) is 1. The van der Waals surface area contributed by atoms with Crippen LogP contribution in [0.25, 0.3) is 0 Å². The Morgan fingerprint density at radius 1 is 1.40 bits per heavy atom. The molecule has 0 aromatic carbocycles. The van der Waals surface area contributed by atoms with E-state index in [-0.39, 0.29) is 5.54 Å². The number of hydrogen-bond acceptors (Lipinski definition) is 4. The normalized spacial score (nSPS) is 27.6. The van der Waals surface area contributed by atoms with Crippen LogP contribution in [-0.2, 0) is 4.74 Å². The van der Waals surface area contributed by atoms with Crippen molar-refractivity contribution in [2.45, 2.75) is 18.4 Å². The fourth-order valence-corrected chi connectivity index (χ4v) is 3.60. The molecule has 2 aliphatic rings. The van der Waals surface area contributed by atoms with E-state index in [0.717, 1.165) is 19.1 Å². The van der Waals surface area contributed by atoms with E-state index in [0.29, 0.717) is 0 Å². The summed E-state index contributed by atoms with van der Waals surface area (Å²) < 4.78 is 5.42. The molecule has 2 rings (SSSR count). The second kappa shape index (κ2) is 5.04. The monoisotopic (exact) mass is 230 g/mol. The molecule has 2 fully saturated rings. The van der Waals surface area contributed by atoms with E-state index in [1.54, 1.807) is 7.11 Å². The van der Waals surface area contributed by atoms with Crippen LogP contribution < -0.4 is 5.73 Å². The van der Waals surface area contributed by atoms with Gasteiger partial charge in [-0.05, 0) is 18.8 Å². The highest BCUT2D eigenvalue weighted by atomic mass is 32.2. The highest BCUT2D eigenvalue weighted by Crippen LogP contribution is 2.43. The average molecular weight is 230 g/mol. The molecule has 2 N–H and O–H groups in total. The van der Waals surface area contributed by atoms with Crippen LogP contribution in [0.3, 0.4) is 0 Å². The molecule has 1 aliphatic carbocycles. The van der Waals surface area contributed by atoms with Crippen molar-refractivity contribution in [2.24, 2.45) is 11.7 Å². The third-order valence-electron chi connectivity index (χ3n) is 3.73. The van der Waals surface area contributed by atoms with Gasteiger partial charge in [-0.1, -0.05) is 0 Å². The number of nitrogens with zero attached hydrogens (tertiary/aromatic N) is 1. The molecule has 1 atom stereocenters. The average Bonchev–Trinajstić information content (AvgIpc) is 3.11. The first-order valence-corrected chi connectivity index (χ1v) is 7.01. The van der Waals surface area contributed by atoms with Crippen LogP contribution in [0.1, 0.15) is 12.8 Å². The van der Waals surface area contributed by atoms with Gasteiger partial charge in [0, 0.05) is 38.2 Å². The maximum absolute atomic E-state index is 6.04. The maximum atomic E-state index is 6.04. The van der Waals surface area contributed by atoms with Crippen molar-refractivity contribution < 1.29 is 4.74 Å². The lowest BCUT2D eigenvalue weighted by Gasteiger charge is -2.45. The van der Waals surface area contributed by atoms with E-state index < -0.39 is 0 Å². The minimum Gasteiger partial charge on any atom is -0.383 e. The first-order valence-electron chi connectivity index (χ1n) is 5.85. The Bertz CT molecular complexity index is 205. The van der Waals surface area contributed by atoms with Crippen LogP contribution in [0.4, 0.5) is 0 Å². The smallest absolute Gasteiger partial charge is 0.0661 e. The van der Waals surface area contributed by atoms with E-state index in [1.807, 2.05) is 0 Å². The number of rotatable bonds is 5. The van der Waals surface area contributed by atoms with Crippen LogP contribution in [0.5, 0.6) is 0 Å². The zero-order chi connectivity index (χ0) is 10.7. The Morgan fingerprint density at radius 2 is 2.07 bits per heavy atom. The Kier molecular flexibility index (Phi) is 3.93. The number of nitrogens with two attached hydrogens (primary N) is 1. The molecule has 1 unspecified atom stereocenters. The summed E-state index contributed by atoms with van der Waals surface area (Å²) in [5.74, 6) is 3.28. The van der Waals surface area contributed by atoms with Crippen molar-refractivity contribution in [3.63, 3.8) is 0 Å². The molecule has 88 valence electrons. The van der Waals surface area contributed by atoms with Gasteiger partial charge in [0.1, 0.15) is 0 Å². The molecule has 3 nitrogen and oxygen atoms in total. The minimum absolute atomic E-state index is 0.149. The lowest BCUT2D eigenvalue weighted by molar-refractivity contribution is 0.00500. The van der Waals surface area contributed by atoms with E-state index in [4.69, 9.17) is 10.5 Å². The van der Waals surface area contributed by atoms with Gasteiger partial charge < -0.3 is 10.5 Å². The van der Waals surface area contributed by atoms with Gasteiger partial charge in [-0.2, -0.15) is 11.8 Å². The molecule has 0 aromatic heterocycles. The molecule has 1 aliphatic heterocycles. The van der Waals surface area contributed by atoms with Gasteiger partial charge in [-0.15, -0.1) is 0 Å². The second-order valence-electron chi connectivity index (χ2n) is 4.61. The van der Waals surface area contributed by atoms with Gasteiger partial charge in [-0.3, -0.25) is 4.90 Å². The summed E-state index contributed by atoms with van der Waals surface area (Å²) in [6.07, 6.45) is 2.68. The van der Waals surface area contributed by atoms with E-state index in [1.165, 1.54) is 37.4 Å². The highest BCUT2D eigenvalue weighted by Gasteiger charge is 2.48. The molecule has 0 amide bonds. The van der Waals surface area contributed by atoms with Crippen molar-refractivity contribution in [1.29, 1.82) is 0 Å². The molecular weight excluding hydrogens is 208 g/mol. The lowest BCUT2D eigenvalue weighted by atomic mass is 9.91. The van der Waals surface area contributed by atoms with Crippen LogP contribution in [0.15, 0.2) is 0 Å². The zero-order valence-corrected chi connectivity index (χ0v) is 10.4. The minimum atomic E-state index is 0.149. The van der Waals surface area contributed by atoms with Gasteiger partial charge in [0.05, 0.1) is 12.1 Å². The van der Waals surface area contributed by atoms with Crippen LogP contribution in [0.2, 0.25) is 0 Å². The molecule has 0 aromatic rings. The summed E-state index contributed by atoms with van der Waals surface area (Å²) in [6, 6.07) is 0. The topological polar surface area (TPSA) is 38.5 Å². The summed E-state index contributed by atoms with van der Waals surface area (Å²) in [5, 5.41) is 0. The number of methoxy groups -OCH3 is 1. The van der Waals surface area contributed by atoms with Crippen LogP contribution in [-0.4, -0.2) is 55.3 Å². The quantitative estimate of drug-likeness (QED) is 0.758. The predicted octanol–water partition coefficient (Wildman–Crippen LogP) is 0.789. The van der Waals surface area contributed by atoms with Crippen molar-refractivity contribution in [3.8, 4) is 0 Å². The number of thioether (sulfide) groups is 1. The third-order valence-corrected chi connectivity index (χ3v) is 4.67. The fourth-order valence-electron chi connectivity index (χ4n) is 2.70. The van der Waals surface area contributed by atoms with Crippen LogP contribution in [0, 0.1) is 5.92 Å². The standard InChI is InChI=1S/C11H22N2OS/c1-14-9-11(8-12,10-2-3-10)13-4-6-15-7-5-13/h10H,2-9,12H2,1H3. The van der Waals surface area contributed by atoms with E-state index in [9.17, 15) is 0 Å². The van der Waals surface area contributed by atoms with Crippen molar-refractivity contribution in [3.05, 3.63) is 0 Å². The zero-order valence-electron chi connectivity index (χ0n) is 9.58. The Morgan fingerprint density at radius 3 is 2.53 bits per heavy atom. The van der Waals surface area contributed by atoms with Gasteiger partial charge in [0.2, 0.25) is 0 Å². The molecule has 15 heavy (non-hydrogen) atoms. The van der Waals surface area contributed by atoms with Gasteiger partial charge in [0.15, 0.2) is 0 Å². The first kappa shape index (κ1) is 11.7. The van der Waals surface area contributed by atoms with Crippen molar-refractivity contribution in [2.75, 3.05) is 44.9 Å². The van der Waals surface area contributed by atoms with Gasteiger partial charge >= 0.3 is 0 Å². The second-order valence-corrected chi connectivity index (χ2v) is 5.84. The summed E-state index contributed by atoms with van der Waals surface area (Å²) in [5.41, 5.74) is 6.19. The summed E-state index contributed by atoms with van der Waals surface area (Å²) in [4.78, 5) is 2.59.